The topological polar surface area (TPSA) is 91.8 Å². The summed E-state index contributed by atoms with van der Waals surface area (Å²) in [5.41, 5.74) is 1.83. The lowest BCUT2D eigenvalue weighted by Gasteiger charge is -2.22. The summed E-state index contributed by atoms with van der Waals surface area (Å²) >= 11 is 1.31. The second-order valence-electron chi connectivity index (χ2n) is 6.67. The molecule has 1 aliphatic rings. The highest BCUT2D eigenvalue weighted by Crippen LogP contribution is 2.28. The molecular formula is C20H22N4O2S. The number of aromatic nitrogens is 2. The van der Waals surface area contributed by atoms with E-state index in [1.165, 1.54) is 24.3 Å². The highest BCUT2D eigenvalue weighted by atomic mass is 32.2. The predicted molar refractivity (Wildman–Crippen MR) is 103 cm³/mol. The van der Waals surface area contributed by atoms with E-state index in [9.17, 15) is 10.1 Å². The van der Waals surface area contributed by atoms with Crippen LogP contribution in [0.5, 0.6) is 0 Å². The molecule has 6 nitrogen and oxygen atoms in total. The van der Waals surface area contributed by atoms with Gasteiger partial charge in [0, 0.05) is 23.5 Å². The molecule has 0 saturated heterocycles. The molecular weight excluding hydrogens is 360 g/mol. The summed E-state index contributed by atoms with van der Waals surface area (Å²) < 4.78 is 5.72. The first-order chi connectivity index (χ1) is 13.0. The maximum atomic E-state index is 12.4. The fourth-order valence-electron chi connectivity index (χ4n) is 3.10. The number of hydrogen-bond acceptors (Lipinski definition) is 6. The van der Waals surface area contributed by atoms with Crippen molar-refractivity contribution in [3.63, 3.8) is 0 Å². The molecule has 0 aromatic carbocycles. The summed E-state index contributed by atoms with van der Waals surface area (Å²) in [6, 6.07) is 7.55. The van der Waals surface area contributed by atoms with Gasteiger partial charge in [0.25, 0.3) is 5.91 Å². The van der Waals surface area contributed by atoms with Crippen LogP contribution in [0.3, 0.4) is 0 Å². The number of carbonyl (C=O) groups excluding carboxylic acids is 1. The lowest BCUT2D eigenvalue weighted by Crippen LogP contribution is -2.36. The molecule has 0 atom stereocenters. The van der Waals surface area contributed by atoms with E-state index in [1.54, 1.807) is 12.1 Å². The third kappa shape index (κ3) is 5.44. The second-order valence-corrected chi connectivity index (χ2v) is 7.64. The molecule has 1 saturated carbocycles. The Labute approximate surface area is 163 Å². The number of nitrogens with zero attached hydrogens (tertiary/aromatic N) is 3. The average molecular weight is 382 g/mol. The third-order valence-electron chi connectivity index (χ3n) is 4.35. The van der Waals surface area contributed by atoms with Crippen LogP contribution in [0.4, 0.5) is 0 Å². The monoisotopic (exact) mass is 382 g/mol. The quantitative estimate of drug-likeness (QED) is 0.473. The third-order valence-corrected chi connectivity index (χ3v) is 5.13. The molecule has 2 aromatic heterocycles. The molecule has 1 aliphatic carbocycles. The lowest BCUT2D eigenvalue weighted by molar-refractivity contribution is -0.117. The first-order valence-corrected chi connectivity index (χ1v) is 9.88. The lowest BCUT2D eigenvalue weighted by atomic mass is 9.95. The highest BCUT2D eigenvalue weighted by Gasteiger charge is 2.18. The first kappa shape index (κ1) is 19.2. The van der Waals surface area contributed by atoms with Crippen LogP contribution in [0.25, 0.3) is 6.08 Å². The van der Waals surface area contributed by atoms with Crippen molar-refractivity contribution in [1.82, 2.24) is 15.3 Å². The number of hydrogen-bond donors (Lipinski definition) is 1. The van der Waals surface area contributed by atoms with Gasteiger partial charge in [-0.25, -0.2) is 9.97 Å². The number of aryl methyl sites for hydroxylation is 2. The van der Waals surface area contributed by atoms with Gasteiger partial charge in [-0.1, -0.05) is 19.3 Å². The van der Waals surface area contributed by atoms with Crippen LogP contribution in [-0.4, -0.2) is 21.9 Å². The summed E-state index contributed by atoms with van der Waals surface area (Å²) in [6.07, 6.45) is 6.88. The van der Waals surface area contributed by atoms with Crippen LogP contribution in [0.15, 0.2) is 38.4 Å². The maximum Gasteiger partial charge on any atom is 0.262 e. The summed E-state index contributed by atoms with van der Waals surface area (Å²) in [5, 5.41) is 13.5. The van der Waals surface area contributed by atoms with Gasteiger partial charge in [-0.15, -0.1) is 0 Å². The molecule has 0 radical (unpaired) electrons. The smallest absolute Gasteiger partial charge is 0.262 e. The van der Waals surface area contributed by atoms with Gasteiger partial charge in [-0.3, -0.25) is 4.79 Å². The van der Waals surface area contributed by atoms with Crippen molar-refractivity contribution in [1.29, 1.82) is 5.26 Å². The van der Waals surface area contributed by atoms with Gasteiger partial charge in [0.15, 0.2) is 10.2 Å². The molecule has 140 valence electrons. The molecule has 1 amide bonds. The number of amides is 1. The van der Waals surface area contributed by atoms with Crippen LogP contribution >= 0.6 is 11.8 Å². The number of nitriles is 1. The number of carbonyl (C=O) groups is 1. The van der Waals surface area contributed by atoms with Gasteiger partial charge < -0.3 is 9.73 Å². The molecule has 0 spiro atoms. The van der Waals surface area contributed by atoms with Crippen LogP contribution in [0.1, 0.15) is 49.3 Å². The van der Waals surface area contributed by atoms with Gasteiger partial charge in [0.2, 0.25) is 0 Å². The predicted octanol–water partition coefficient (Wildman–Crippen LogP) is 4.19. The Balaban J connectivity index is 1.68. The minimum absolute atomic E-state index is 0.0501. The molecule has 0 bridgehead atoms. The van der Waals surface area contributed by atoms with Gasteiger partial charge >= 0.3 is 0 Å². The molecule has 3 rings (SSSR count). The minimum Gasteiger partial charge on any atom is -0.450 e. The number of furan rings is 1. The Morgan fingerprint density at radius 2 is 1.96 bits per heavy atom. The molecule has 0 aliphatic heterocycles. The van der Waals surface area contributed by atoms with Gasteiger partial charge in [-0.2, -0.15) is 5.26 Å². The standard InChI is InChI=1S/C20H22N4O2S/c1-13-10-14(2)23-20(22-13)27-18-9-8-17(26-18)11-15(12-21)19(25)24-16-6-4-3-5-7-16/h8-11,16H,3-7H2,1-2H3,(H,24,25). The summed E-state index contributed by atoms with van der Waals surface area (Å²) in [5.74, 6) is 0.116. The Kier molecular flexibility index (Phi) is 6.30. The van der Waals surface area contributed by atoms with Crippen LogP contribution in [-0.2, 0) is 4.79 Å². The zero-order valence-corrected chi connectivity index (χ0v) is 16.3. The fourth-order valence-corrected chi connectivity index (χ4v) is 3.93. The Morgan fingerprint density at radius 3 is 2.63 bits per heavy atom. The van der Waals surface area contributed by atoms with E-state index in [0.29, 0.717) is 16.0 Å². The van der Waals surface area contributed by atoms with Crippen LogP contribution < -0.4 is 5.32 Å². The molecule has 0 unspecified atom stereocenters. The minimum atomic E-state index is -0.340. The fraction of sp³-hybridized carbons (Fsp3) is 0.400. The van der Waals surface area contributed by atoms with E-state index >= 15 is 0 Å². The largest absolute Gasteiger partial charge is 0.450 e. The van der Waals surface area contributed by atoms with E-state index in [1.807, 2.05) is 26.0 Å². The summed E-state index contributed by atoms with van der Waals surface area (Å²) in [4.78, 5) is 21.1. The number of rotatable bonds is 5. The first-order valence-electron chi connectivity index (χ1n) is 9.06. The molecule has 1 N–H and O–H groups in total. The Hall–Kier alpha value is -2.59. The van der Waals surface area contributed by atoms with E-state index in [0.717, 1.165) is 37.1 Å². The zero-order valence-electron chi connectivity index (χ0n) is 15.5. The van der Waals surface area contributed by atoms with Crippen molar-refractivity contribution in [2.75, 3.05) is 0 Å². The van der Waals surface area contributed by atoms with E-state index in [4.69, 9.17) is 4.42 Å². The summed E-state index contributed by atoms with van der Waals surface area (Å²) in [7, 11) is 0. The highest BCUT2D eigenvalue weighted by molar-refractivity contribution is 7.99. The van der Waals surface area contributed by atoms with Crippen molar-refractivity contribution in [3.05, 3.63) is 40.9 Å². The number of nitrogens with one attached hydrogen (secondary N) is 1. The van der Waals surface area contributed by atoms with E-state index in [2.05, 4.69) is 15.3 Å². The van der Waals surface area contributed by atoms with Crippen molar-refractivity contribution >= 4 is 23.7 Å². The molecule has 2 aromatic rings. The van der Waals surface area contributed by atoms with Gasteiger partial charge in [-0.05, 0) is 56.7 Å². The molecule has 27 heavy (non-hydrogen) atoms. The van der Waals surface area contributed by atoms with Gasteiger partial charge in [0.05, 0.1) is 0 Å². The molecule has 7 heteroatoms. The van der Waals surface area contributed by atoms with Crippen molar-refractivity contribution in [2.24, 2.45) is 0 Å². The van der Waals surface area contributed by atoms with E-state index < -0.39 is 0 Å². The normalized spacial score (nSPS) is 15.4. The van der Waals surface area contributed by atoms with Crippen molar-refractivity contribution < 1.29 is 9.21 Å². The Morgan fingerprint density at radius 1 is 1.26 bits per heavy atom. The van der Waals surface area contributed by atoms with Crippen molar-refractivity contribution in [3.8, 4) is 6.07 Å². The molecule has 1 fully saturated rings. The second kappa shape index (κ2) is 8.87. The zero-order chi connectivity index (χ0) is 19.2. The van der Waals surface area contributed by atoms with Crippen LogP contribution in [0, 0.1) is 25.2 Å². The molecule has 2 heterocycles. The average Bonchev–Trinajstić information content (AvgIpc) is 3.06. The Bertz CT molecular complexity index is 871. The summed E-state index contributed by atoms with van der Waals surface area (Å²) in [6.45, 7) is 3.83. The SMILES string of the molecule is Cc1cc(C)nc(Sc2ccc(C=C(C#N)C(=O)NC3CCCCC3)o2)n1. The van der Waals surface area contributed by atoms with Crippen molar-refractivity contribution in [2.45, 2.75) is 62.2 Å². The van der Waals surface area contributed by atoms with Crippen LogP contribution in [0.2, 0.25) is 0 Å². The van der Waals surface area contributed by atoms with E-state index in [-0.39, 0.29) is 17.5 Å². The van der Waals surface area contributed by atoms with Gasteiger partial charge in [0.1, 0.15) is 17.4 Å². The maximum absolute atomic E-state index is 12.4.